The number of nitriles is 2. The molecule has 2 heteroatoms. The summed E-state index contributed by atoms with van der Waals surface area (Å²) in [4.78, 5) is 0. The Bertz CT molecular complexity index is 321. The van der Waals surface area contributed by atoms with E-state index in [0.717, 1.165) is 5.56 Å². The van der Waals surface area contributed by atoms with Gasteiger partial charge in [-0.25, -0.2) is 0 Å². The second-order valence-corrected chi connectivity index (χ2v) is 2.20. The van der Waals surface area contributed by atoms with E-state index in [1.807, 2.05) is 12.1 Å². The van der Waals surface area contributed by atoms with E-state index in [1.54, 1.807) is 25.1 Å². The largest absolute Gasteiger partial charge is 0.192 e. The molecule has 0 aromatic heterocycles. The molecular formula is C9H6N2. The summed E-state index contributed by atoms with van der Waals surface area (Å²) in [5.74, 6) is 0. The fourth-order valence-electron chi connectivity index (χ4n) is 0.878. The highest BCUT2D eigenvalue weighted by Crippen LogP contribution is 2.10. The van der Waals surface area contributed by atoms with Crippen LogP contribution in [0.2, 0.25) is 0 Å². The summed E-state index contributed by atoms with van der Waals surface area (Å²) in [5, 5.41) is 17.2. The molecule has 0 N–H and O–H groups in total. The van der Waals surface area contributed by atoms with Gasteiger partial charge in [-0.15, -0.1) is 0 Å². The zero-order chi connectivity index (χ0) is 8.27. The lowest BCUT2D eigenvalue weighted by molar-refractivity contribution is 1.35. The van der Waals surface area contributed by atoms with Gasteiger partial charge >= 0.3 is 0 Å². The van der Waals surface area contributed by atoms with Crippen LogP contribution in [-0.4, -0.2) is 0 Å². The fraction of sp³-hybridized carbons (Fsp3) is 0.111. The van der Waals surface area contributed by atoms with Crippen molar-refractivity contribution in [2.45, 2.75) is 6.92 Å². The van der Waals surface area contributed by atoms with Gasteiger partial charge in [0.25, 0.3) is 0 Å². The van der Waals surface area contributed by atoms with Gasteiger partial charge in [0, 0.05) is 0 Å². The molecule has 0 saturated carbocycles. The van der Waals surface area contributed by atoms with Crippen molar-refractivity contribution in [3.8, 4) is 12.1 Å². The fourth-order valence-corrected chi connectivity index (χ4v) is 0.878. The SMILES string of the molecule is Cc1c(C#N)cccc1C#N. The first kappa shape index (κ1) is 7.31. The maximum Gasteiger partial charge on any atom is 0.0994 e. The molecule has 0 heterocycles. The normalized spacial score (nSPS) is 8.27. The molecule has 0 aliphatic heterocycles. The molecule has 0 aliphatic rings. The van der Waals surface area contributed by atoms with Crippen molar-refractivity contribution in [2.75, 3.05) is 0 Å². The van der Waals surface area contributed by atoms with Crippen LogP contribution >= 0.6 is 0 Å². The van der Waals surface area contributed by atoms with Crippen LogP contribution in [0.15, 0.2) is 18.2 Å². The number of hydrogen-bond donors (Lipinski definition) is 0. The van der Waals surface area contributed by atoms with E-state index in [9.17, 15) is 0 Å². The van der Waals surface area contributed by atoms with Gasteiger partial charge in [0.2, 0.25) is 0 Å². The molecule has 1 aromatic carbocycles. The van der Waals surface area contributed by atoms with Gasteiger partial charge in [-0.2, -0.15) is 10.5 Å². The second kappa shape index (κ2) is 2.86. The minimum Gasteiger partial charge on any atom is -0.192 e. The average Bonchev–Trinajstić information content (AvgIpc) is 2.05. The molecule has 1 rings (SSSR count). The molecule has 0 saturated heterocycles. The van der Waals surface area contributed by atoms with Gasteiger partial charge in [-0.1, -0.05) is 6.07 Å². The lowest BCUT2D eigenvalue weighted by Crippen LogP contribution is -1.85. The number of rotatable bonds is 0. The molecule has 1 aromatic rings. The van der Waals surface area contributed by atoms with Crippen molar-refractivity contribution >= 4 is 0 Å². The van der Waals surface area contributed by atoms with Crippen LogP contribution in [0.1, 0.15) is 16.7 Å². The van der Waals surface area contributed by atoms with E-state index in [4.69, 9.17) is 10.5 Å². The average molecular weight is 142 g/mol. The van der Waals surface area contributed by atoms with Crippen LogP contribution in [-0.2, 0) is 0 Å². The number of hydrogen-bond acceptors (Lipinski definition) is 2. The summed E-state index contributed by atoms with van der Waals surface area (Å²) >= 11 is 0. The predicted molar refractivity (Wildman–Crippen MR) is 40.6 cm³/mol. The standard InChI is InChI=1S/C9H6N2/c1-7-8(5-10)3-2-4-9(7)6-11/h2-4H,1H3. The minimum absolute atomic E-state index is 0.573. The van der Waals surface area contributed by atoms with Crippen LogP contribution in [0.5, 0.6) is 0 Å². The van der Waals surface area contributed by atoms with Crippen LogP contribution in [0.3, 0.4) is 0 Å². The molecule has 0 aliphatic carbocycles. The van der Waals surface area contributed by atoms with Crippen molar-refractivity contribution in [1.82, 2.24) is 0 Å². The predicted octanol–water partition coefficient (Wildman–Crippen LogP) is 1.74. The summed E-state index contributed by atoms with van der Waals surface area (Å²) < 4.78 is 0. The maximum absolute atomic E-state index is 8.58. The molecule has 0 unspecified atom stereocenters. The molecule has 0 fully saturated rings. The summed E-state index contributed by atoms with van der Waals surface area (Å²) in [6.45, 7) is 1.77. The van der Waals surface area contributed by atoms with Crippen molar-refractivity contribution in [1.29, 1.82) is 10.5 Å². The van der Waals surface area contributed by atoms with E-state index >= 15 is 0 Å². The molecule has 0 radical (unpaired) electrons. The molecule has 0 atom stereocenters. The molecule has 2 nitrogen and oxygen atoms in total. The first-order chi connectivity index (χ1) is 5.29. The zero-order valence-electron chi connectivity index (χ0n) is 6.13. The molecule has 0 bridgehead atoms. The smallest absolute Gasteiger partial charge is 0.0994 e. The Hall–Kier alpha value is -1.80. The Labute approximate surface area is 65.3 Å². The summed E-state index contributed by atoms with van der Waals surface area (Å²) in [6, 6.07) is 9.16. The van der Waals surface area contributed by atoms with Gasteiger partial charge in [0.15, 0.2) is 0 Å². The van der Waals surface area contributed by atoms with Crippen LogP contribution in [0.25, 0.3) is 0 Å². The quantitative estimate of drug-likeness (QED) is 0.553. The van der Waals surface area contributed by atoms with E-state index in [2.05, 4.69) is 0 Å². The highest BCUT2D eigenvalue weighted by atomic mass is 14.3. The lowest BCUT2D eigenvalue weighted by Gasteiger charge is -1.96. The van der Waals surface area contributed by atoms with Gasteiger partial charge in [0.1, 0.15) is 0 Å². The third-order valence-electron chi connectivity index (χ3n) is 1.57. The van der Waals surface area contributed by atoms with E-state index < -0.39 is 0 Å². The topological polar surface area (TPSA) is 47.6 Å². The third-order valence-corrected chi connectivity index (χ3v) is 1.57. The molecule has 0 amide bonds. The Kier molecular flexibility index (Phi) is 1.90. The first-order valence-corrected chi connectivity index (χ1v) is 3.19. The van der Waals surface area contributed by atoms with Gasteiger partial charge in [-0.05, 0) is 24.6 Å². The maximum atomic E-state index is 8.58. The minimum atomic E-state index is 0.573. The number of benzene rings is 1. The van der Waals surface area contributed by atoms with Crippen LogP contribution < -0.4 is 0 Å². The molecular weight excluding hydrogens is 136 g/mol. The first-order valence-electron chi connectivity index (χ1n) is 3.19. The Balaban J connectivity index is 3.38. The van der Waals surface area contributed by atoms with E-state index in [-0.39, 0.29) is 0 Å². The highest BCUT2D eigenvalue weighted by Gasteiger charge is 2.00. The van der Waals surface area contributed by atoms with E-state index in [0.29, 0.717) is 11.1 Å². The van der Waals surface area contributed by atoms with Crippen molar-refractivity contribution in [3.05, 3.63) is 34.9 Å². The zero-order valence-corrected chi connectivity index (χ0v) is 6.13. The summed E-state index contributed by atoms with van der Waals surface area (Å²) in [7, 11) is 0. The second-order valence-electron chi connectivity index (χ2n) is 2.20. The third kappa shape index (κ3) is 1.20. The molecule has 0 spiro atoms. The Morgan fingerprint density at radius 2 is 1.55 bits per heavy atom. The molecule has 11 heavy (non-hydrogen) atoms. The number of nitrogens with zero attached hydrogens (tertiary/aromatic N) is 2. The Morgan fingerprint density at radius 3 is 1.91 bits per heavy atom. The molecule has 52 valence electrons. The van der Waals surface area contributed by atoms with Gasteiger partial charge in [-0.3, -0.25) is 0 Å². The van der Waals surface area contributed by atoms with Gasteiger partial charge < -0.3 is 0 Å². The monoisotopic (exact) mass is 142 g/mol. The highest BCUT2D eigenvalue weighted by molar-refractivity contribution is 5.46. The van der Waals surface area contributed by atoms with Crippen molar-refractivity contribution < 1.29 is 0 Å². The van der Waals surface area contributed by atoms with Crippen molar-refractivity contribution in [3.63, 3.8) is 0 Å². The summed E-state index contributed by atoms with van der Waals surface area (Å²) in [6.07, 6.45) is 0. The van der Waals surface area contributed by atoms with Gasteiger partial charge in [0.05, 0.1) is 23.3 Å². The Morgan fingerprint density at radius 1 is 1.09 bits per heavy atom. The summed E-state index contributed by atoms with van der Waals surface area (Å²) in [5.41, 5.74) is 1.91. The van der Waals surface area contributed by atoms with Crippen LogP contribution in [0, 0.1) is 29.6 Å². The van der Waals surface area contributed by atoms with Crippen LogP contribution in [0.4, 0.5) is 0 Å². The lowest BCUT2D eigenvalue weighted by atomic mass is 10.0. The van der Waals surface area contributed by atoms with Crippen molar-refractivity contribution in [2.24, 2.45) is 0 Å². The van der Waals surface area contributed by atoms with E-state index in [1.165, 1.54) is 0 Å².